The maximum atomic E-state index is 13.1. The lowest BCUT2D eigenvalue weighted by Gasteiger charge is -2.56. The van der Waals surface area contributed by atoms with Crippen LogP contribution in [0.25, 0.3) is 0 Å². The zero-order valence-electron chi connectivity index (χ0n) is 16.8. The molecule has 0 aromatic heterocycles. The van der Waals surface area contributed by atoms with E-state index in [4.69, 9.17) is 4.74 Å². The lowest BCUT2D eigenvalue weighted by molar-refractivity contribution is -0.159. The molecule has 0 amide bonds. The number of aliphatic hydroxyl groups is 3. The van der Waals surface area contributed by atoms with Gasteiger partial charge in [-0.25, -0.2) is 0 Å². The summed E-state index contributed by atoms with van der Waals surface area (Å²) in [6.45, 7) is 12.2. The van der Waals surface area contributed by atoms with Crippen LogP contribution >= 0.6 is 0 Å². The van der Waals surface area contributed by atoms with Gasteiger partial charge in [-0.3, -0.25) is 14.4 Å². The number of carbonyl (C=O) groups excluding carboxylic acids is 3. The van der Waals surface area contributed by atoms with Crippen molar-refractivity contribution in [3.8, 4) is 0 Å². The molecule has 7 nitrogen and oxygen atoms in total. The number of allylic oxidation sites excluding steroid dienone is 3. The lowest BCUT2D eigenvalue weighted by Crippen LogP contribution is -2.59. The maximum absolute atomic E-state index is 13.1. The van der Waals surface area contributed by atoms with Crippen molar-refractivity contribution < 1.29 is 34.4 Å². The van der Waals surface area contributed by atoms with Gasteiger partial charge in [-0.15, -0.1) is 6.58 Å². The molecule has 3 aliphatic rings. The second-order valence-corrected chi connectivity index (χ2v) is 8.45. The number of rotatable bonds is 3. The van der Waals surface area contributed by atoms with Crippen LogP contribution in [0.2, 0.25) is 0 Å². The molecule has 3 rings (SSSR count). The second-order valence-electron chi connectivity index (χ2n) is 8.45. The molecule has 0 bridgehead atoms. The van der Waals surface area contributed by atoms with Crippen molar-refractivity contribution in [2.75, 3.05) is 0 Å². The standard InChI is InChI=1S/C22H26O7/c1-6-7-12-16(24)13-15(20(28)17(12)25)21(4)8-9-22(5,29-11(3)23)10(2)14(21)19(27)18(13)26/h6,14,18-19,24,26-27H,1-2,7-9H2,3-5H3. The first kappa shape index (κ1) is 21.2. The molecule has 0 spiro atoms. The minimum Gasteiger partial charge on any atom is -0.507 e. The van der Waals surface area contributed by atoms with Gasteiger partial charge in [0, 0.05) is 35.0 Å². The van der Waals surface area contributed by atoms with Crippen molar-refractivity contribution in [1.82, 2.24) is 0 Å². The Kier molecular flexibility index (Phi) is 4.96. The zero-order valence-corrected chi connectivity index (χ0v) is 16.8. The minimum atomic E-state index is -1.60. The number of ketones is 2. The van der Waals surface area contributed by atoms with Crippen molar-refractivity contribution in [2.45, 2.75) is 57.8 Å². The summed E-state index contributed by atoms with van der Waals surface area (Å²) in [4.78, 5) is 37.3. The highest BCUT2D eigenvalue weighted by atomic mass is 16.6. The zero-order chi connectivity index (χ0) is 21.9. The second kappa shape index (κ2) is 6.78. The van der Waals surface area contributed by atoms with Gasteiger partial charge in [0.2, 0.25) is 11.6 Å². The van der Waals surface area contributed by atoms with E-state index in [2.05, 4.69) is 13.2 Å². The summed E-state index contributed by atoms with van der Waals surface area (Å²) in [5, 5.41) is 32.5. The molecule has 5 atom stereocenters. The summed E-state index contributed by atoms with van der Waals surface area (Å²) in [6, 6.07) is 0. The van der Waals surface area contributed by atoms with Gasteiger partial charge in [-0.1, -0.05) is 19.6 Å². The van der Waals surface area contributed by atoms with E-state index in [1.54, 1.807) is 13.8 Å². The third-order valence-corrected chi connectivity index (χ3v) is 6.63. The number of esters is 1. The lowest BCUT2D eigenvalue weighted by atomic mass is 9.50. The van der Waals surface area contributed by atoms with Gasteiger partial charge in [-0.05, 0) is 31.8 Å². The highest BCUT2D eigenvalue weighted by Crippen LogP contribution is 2.59. The third-order valence-electron chi connectivity index (χ3n) is 6.63. The molecule has 5 unspecified atom stereocenters. The van der Waals surface area contributed by atoms with E-state index in [0.717, 1.165) is 0 Å². The monoisotopic (exact) mass is 402 g/mol. The van der Waals surface area contributed by atoms with Crippen molar-refractivity contribution in [3.63, 3.8) is 0 Å². The summed E-state index contributed by atoms with van der Waals surface area (Å²) in [7, 11) is 0. The van der Waals surface area contributed by atoms with Gasteiger partial charge >= 0.3 is 5.97 Å². The summed E-state index contributed by atoms with van der Waals surface area (Å²) >= 11 is 0. The molecular formula is C22H26O7. The normalized spacial score (nSPS) is 37.3. The van der Waals surface area contributed by atoms with E-state index >= 15 is 0 Å². The van der Waals surface area contributed by atoms with E-state index < -0.39 is 52.4 Å². The average molecular weight is 402 g/mol. The Balaban J connectivity index is 2.22. The average Bonchev–Trinajstić information content (AvgIpc) is 2.63. The van der Waals surface area contributed by atoms with E-state index in [-0.39, 0.29) is 29.6 Å². The highest BCUT2D eigenvalue weighted by molar-refractivity contribution is 6.50. The van der Waals surface area contributed by atoms with Crippen LogP contribution < -0.4 is 0 Å². The van der Waals surface area contributed by atoms with Gasteiger partial charge in [0.05, 0.1) is 6.10 Å². The SMILES string of the molecule is C=CCC1=C(O)C2=C(C(=O)C1=O)C1(C)CCC(C)(OC(C)=O)C(=C)C1C(O)C2O. The number of fused-ring (bicyclic) bond motifs is 2. The summed E-state index contributed by atoms with van der Waals surface area (Å²) < 4.78 is 5.45. The molecule has 0 aromatic rings. The van der Waals surface area contributed by atoms with Crippen LogP contribution in [0.4, 0.5) is 0 Å². The highest BCUT2D eigenvalue weighted by Gasteiger charge is 2.61. The van der Waals surface area contributed by atoms with Gasteiger partial charge in [0.25, 0.3) is 0 Å². The van der Waals surface area contributed by atoms with Crippen LogP contribution in [0.3, 0.4) is 0 Å². The third kappa shape index (κ3) is 2.83. The number of hydrogen-bond donors (Lipinski definition) is 3. The van der Waals surface area contributed by atoms with Gasteiger partial charge in [0.15, 0.2) is 0 Å². The first-order chi connectivity index (χ1) is 13.4. The Labute approximate surface area is 169 Å². The predicted molar refractivity (Wildman–Crippen MR) is 104 cm³/mol. The fraction of sp³-hybridized carbons (Fsp3) is 0.500. The first-order valence-electron chi connectivity index (χ1n) is 9.52. The van der Waals surface area contributed by atoms with Gasteiger partial charge in [0.1, 0.15) is 17.5 Å². The molecule has 1 saturated carbocycles. The van der Waals surface area contributed by atoms with E-state index in [1.807, 2.05) is 0 Å². The first-order valence-corrected chi connectivity index (χ1v) is 9.52. The summed E-state index contributed by atoms with van der Waals surface area (Å²) in [5.41, 5.74) is -2.03. The number of aliphatic hydroxyl groups excluding tert-OH is 3. The Morgan fingerprint density at radius 2 is 1.86 bits per heavy atom. The fourth-order valence-corrected chi connectivity index (χ4v) is 5.13. The Bertz CT molecular complexity index is 908. The minimum absolute atomic E-state index is 0.00152. The predicted octanol–water partition coefficient (Wildman–Crippen LogP) is 1.85. The Hall–Kier alpha value is -2.51. The number of carbonyl (C=O) groups is 3. The smallest absolute Gasteiger partial charge is 0.303 e. The van der Waals surface area contributed by atoms with Crippen LogP contribution in [0.5, 0.6) is 0 Å². The summed E-state index contributed by atoms with van der Waals surface area (Å²) in [6.07, 6.45) is -1.07. The van der Waals surface area contributed by atoms with Gasteiger partial charge in [-0.2, -0.15) is 0 Å². The molecular weight excluding hydrogens is 376 g/mol. The van der Waals surface area contributed by atoms with E-state index in [0.29, 0.717) is 12.0 Å². The van der Waals surface area contributed by atoms with Crippen LogP contribution in [-0.4, -0.2) is 50.7 Å². The van der Waals surface area contributed by atoms with Crippen LogP contribution in [0.1, 0.15) is 40.0 Å². The van der Waals surface area contributed by atoms with Crippen molar-refractivity contribution in [3.05, 3.63) is 47.3 Å². The van der Waals surface area contributed by atoms with Crippen LogP contribution in [-0.2, 0) is 19.1 Å². The molecule has 3 N–H and O–H groups in total. The quantitative estimate of drug-likeness (QED) is 0.285. The Morgan fingerprint density at radius 3 is 2.41 bits per heavy atom. The number of Topliss-reactive ketones (excluding diaryl/α,β-unsaturated/α-hetero) is 2. The van der Waals surface area contributed by atoms with Crippen molar-refractivity contribution in [2.24, 2.45) is 11.3 Å². The van der Waals surface area contributed by atoms with Crippen LogP contribution in [0, 0.1) is 11.3 Å². The maximum Gasteiger partial charge on any atom is 0.303 e. The Morgan fingerprint density at radius 1 is 1.24 bits per heavy atom. The van der Waals surface area contributed by atoms with Crippen molar-refractivity contribution in [1.29, 1.82) is 0 Å². The molecule has 156 valence electrons. The summed E-state index contributed by atoms with van der Waals surface area (Å²) in [5.74, 6) is -3.49. The topological polar surface area (TPSA) is 121 Å². The van der Waals surface area contributed by atoms with Crippen molar-refractivity contribution >= 4 is 17.5 Å². The van der Waals surface area contributed by atoms with E-state index in [1.165, 1.54) is 13.0 Å². The number of ether oxygens (including phenoxy) is 1. The molecule has 7 heteroatoms. The largest absolute Gasteiger partial charge is 0.507 e. The fourth-order valence-electron chi connectivity index (χ4n) is 5.13. The molecule has 0 aliphatic heterocycles. The number of hydrogen-bond acceptors (Lipinski definition) is 7. The molecule has 0 heterocycles. The van der Waals surface area contributed by atoms with Crippen LogP contribution in [0.15, 0.2) is 47.3 Å². The van der Waals surface area contributed by atoms with Gasteiger partial charge < -0.3 is 20.1 Å². The molecule has 3 aliphatic carbocycles. The molecule has 0 saturated heterocycles. The van der Waals surface area contributed by atoms with E-state index in [9.17, 15) is 29.7 Å². The molecule has 1 fully saturated rings. The molecule has 0 radical (unpaired) electrons. The molecule has 0 aromatic carbocycles. The molecule has 29 heavy (non-hydrogen) atoms.